The zero-order valence-electron chi connectivity index (χ0n) is 13.2. The molecule has 0 bridgehead atoms. The van der Waals surface area contributed by atoms with Crippen LogP contribution in [0.4, 0.5) is 5.69 Å². The highest BCUT2D eigenvalue weighted by Crippen LogP contribution is 2.22. The summed E-state index contributed by atoms with van der Waals surface area (Å²) >= 11 is 0. The van der Waals surface area contributed by atoms with Gasteiger partial charge in [0.05, 0.1) is 0 Å². The lowest BCUT2D eigenvalue weighted by Gasteiger charge is -2.32. The summed E-state index contributed by atoms with van der Waals surface area (Å²) in [4.78, 5) is 4.84. The lowest BCUT2D eigenvalue weighted by Crippen LogP contribution is -2.35. The Bertz CT molecular complexity index is 422. The maximum Gasteiger partial charge on any atom is 0.0366 e. The van der Waals surface area contributed by atoms with Crippen LogP contribution in [0.5, 0.6) is 0 Å². The Balaban J connectivity index is 1.95. The predicted molar refractivity (Wildman–Crippen MR) is 87.4 cm³/mol. The molecule has 0 spiro atoms. The fourth-order valence-corrected chi connectivity index (χ4v) is 3.09. The summed E-state index contributed by atoms with van der Waals surface area (Å²) in [7, 11) is 4.44. The third kappa shape index (κ3) is 3.97. The van der Waals surface area contributed by atoms with Crippen molar-refractivity contribution in [1.29, 1.82) is 0 Å². The second-order valence-corrected chi connectivity index (χ2v) is 6.28. The smallest absolute Gasteiger partial charge is 0.0366 e. The van der Waals surface area contributed by atoms with E-state index in [4.69, 9.17) is 5.73 Å². The van der Waals surface area contributed by atoms with E-state index < -0.39 is 0 Å². The average molecular weight is 275 g/mol. The van der Waals surface area contributed by atoms with Crippen LogP contribution in [-0.4, -0.2) is 45.2 Å². The maximum absolute atomic E-state index is 5.65. The molecule has 0 aromatic heterocycles. The molecule has 2 N–H and O–H groups in total. The van der Waals surface area contributed by atoms with E-state index in [-0.39, 0.29) is 0 Å². The number of anilines is 1. The van der Waals surface area contributed by atoms with Crippen LogP contribution in [0.3, 0.4) is 0 Å². The first-order chi connectivity index (χ1) is 9.60. The molecule has 1 aromatic carbocycles. The minimum Gasteiger partial charge on any atom is -0.374 e. The SMILES string of the molecule is Cc1cc(N(C)CC2CCN(C)CC2)ccc1CCN. The Hall–Kier alpha value is -1.06. The van der Waals surface area contributed by atoms with Crippen molar-refractivity contribution < 1.29 is 0 Å². The highest BCUT2D eigenvalue weighted by molar-refractivity contribution is 5.50. The fourth-order valence-electron chi connectivity index (χ4n) is 3.09. The minimum absolute atomic E-state index is 0.728. The Morgan fingerprint density at radius 3 is 2.60 bits per heavy atom. The molecule has 0 unspecified atom stereocenters. The fraction of sp³-hybridized carbons (Fsp3) is 0.647. The molecule has 112 valence electrons. The molecule has 0 atom stereocenters. The summed E-state index contributed by atoms with van der Waals surface area (Å²) in [5.74, 6) is 0.834. The molecule has 0 amide bonds. The van der Waals surface area contributed by atoms with Gasteiger partial charge in [-0.05, 0) is 82.0 Å². The van der Waals surface area contributed by atoms with Crippen molar-refractivity contribution in [1.82, 2.24) is 4.90 Å². The van der Waals surface area contributed by atoms with Crippen LogP contribution in [0.25, 0.3) is 0 Å². The van der Waals surface area contributed by atoms with E-state index in [1.165, 1.54) is 49.3 Å². The summed E-state index contributed by atoms with van der Waals surface area (Å²) in [5, 5.41) is 0. The molecule has 1 saturated heterocycles. The standard InChI is InChI=1S/C17H29N3/c1-14-12-17(5-4-16(14)6-9-18)20(3)13-15-7-10-19(2)11-8-15/h4-5,12,15H,6-11,13,18H2,1-3H3. The highest BCUT2D eigenvalue weighted by Gasteiger charge is 2.18. The summed E-state index contributed by atoms with van der Waals surface area (Å²) < 4.78 is 0. The van der Waals surface area contributed by atoms with Crippen molar-refractivity contribution in [2.45, 2.75) is 26.2 Å². The molecule has 0 aliphatic carbocycles. The quantitative estimate of drug-likeness (QED) is 0.895. The van der Waals surface area contributed by atoms with Gasteiger partial charge in [-0.2, -0.15) is 0 Å². The number of nitrogens with two attached hydrogens (primary N) is 1. The molecule has 20 heavy (non-hydrogen) atoms. The Kier molecular flexibility index (Phi) is 5.44. The molecule has 2 rings (SSSR count). The van der Waals surface area contributed by atoms with Crippen LogP contribution in [0, 0.1) is 12.8 Å². The van der Waals surface area contributed by atoms with Gasteiger partial charge in [-0.3, -0.25) is 0 Å². The highest BCUT2D eigenvalue weighted by atomic mass is 15.1. The van der Waals surface area contributed by atoms with Crippen molar-refractivity contribution in [2.75, 3.05) is 45.2 Å². The van der Waals surface area contributed by atoms with Crippen molar-refractivity contribution in [3.05, 3.63) is 29.3 Å². The van der Waals surface area contributed by atoms with Gasteiger partial charge in [0, 0.05) is 19.3 Å². The van der Waals surface area contributed by atoms with Crippen LogP contribution in [0.1, 0.15) is 24.0 Å². The molecule has 1 heterocycles. The Morgan fingerprint density at radius 1 is 1.30 bits per heavy atom. The zero-order chi connectivity index (χ0) is 14.5. The van der Waals surface area contributed by atoms with Gasteiger partial charge in [0.1, 0.15) is 0 Å². The van der Waals surface area contributed by atoms with E-state index in [1.54, 1.807) is 0 Å². The normalized spacial score (nSPS) is 17.4. The maximum atomic E-state index is 5.65. The van der Waals surface area contributed by atoms with E-state index in [2.05, 4.69) is 49.0 Å². The molecule has 3 heteroatoms. The molecular formula is C17H29N3. The number of aryl methyl sites for hydroxylation is 1. The minimum atomic E-state index is 0.728. The lowest BCUT2D eigenvalue weighted by atomic mass is 9.96. The van der Waals surface area contributed by atoms with Gasteiger partial charge in [-0.1, -0.05) is 6.07 Å². The van der Waals surface area contributed by atoms with E-state index in [0.717, 1.165) is 18.9 Å². The van der Waals surface area contributed by atoms with Gasteiger partial charge in [0.15, 0.2) is 0 Å². The van der Waals surface area contributed by atoms with Crippen LogP contribution >= 0.6 is 0 Å². The van der Waals surface area contributed by atoms with Crippen molar-refractivity contribution in [3.8, 4) is 0 Å². The molecule has 1 aliphatic heterocycles. The van der Waals surface area contributed by atoms with Gasteiger partial charge < -0.3 is 15.5 Å². The Morgan fingerprint density at radius 2 is 2.00 bits per heavy atom. The predicted octanol–water partition coefficient (Wildman–Crippen LogP) is 2.27. The van der Waals surface area contributed by atoms with Gasteiger partial charge in [-0.25, -0.2) is 0 Å². The van der Waals surface area contributed by atoms with Crippen molar-refractivity contribution in [3.63, 3.8) is 0 Å². The monoisotopic (exact) mass is 275 g/mol. The van der Waals surface area contributed by atoms with Crippen molar-refractivity contribution >= 4 is 5.69 Å². The average Bonchev–Trinajstić information content (AvgIpc) is 2.44. The number of nitrogens with zero attached hydrogens (tertiary/aromatic N) is 2. The topological polar surface area (TPSA) is 32.5 Å². The number of rotatable bonds is 5. The molecule has 0 saturated carbocycles. The Labute approximate surface area is 123 Å². The first-order valence-electron chi connectivity index (χ1n) is 7.79. The number of piperidine rings is 1. The largest absolute Gasteiger partial charge is 0.374 e. The second-order valence-electron chi connectivity index (χ2n) is 6.28. The van der Waals surface area contributed by atoms with Crippen LogP contribution in [0.15, 0.2) is 18.2 Å². The summed E-state index contributed by atoms with van der Waals surface area (Å²) in [6.07, 6.45) is 3.63. The van der Waals surface area contributed by atoms with Crippen LogP contribution in [-0.2, 0) is 6.42 Å². The number of hydrogen-bond acceptors (Lipinski definition) is 3. The van der Waals surface area contributed by atoms with Gasteiger partial charge >= 0.3 is 0 Å². The lowest BCUT2D eigenvalue weighted by molar-refractivity contribution is 0.222. The zero-order valence-corrected chi connectivity index (χ0v) is 13.2. The first-order valence-corrected chi connectivity index (χ1v) is 7.79. The molecule has 1 aliphatic rings. The molecule has 1 aromatic rings. The molecule has 3 nitrogen and oxygen atoms in total. The number of benzene rings is 1. The number of hydrogen-bond donors (Lipinski definition) is 1. The van der Waals surface area contributed by atoms with E-state index >= 15 is 0 Å². The first kappa shape index (κ1) is 15.3. The van der Waals surface area contributed by atoms with Crippen LogP contribution in [0.2, 0.25) is 0 Å². The van der Waals surface area contributed by atoms with Gasteiger partial charge in [-0.15, -0.1) is 0 Å². The van der Waals surface area contributed by atoms with E-state index in [1.807, 2.05) is 0 Å². The molecule has 1 fully saturated rings. The van der Waals surface area contributed by atoms with Gasteiger partial charge in [0.2, 0.25) is 0 Å². The second kappa shape index (κ2) is 7.09. The molecule has 0 radical (unpaired) electrons. The van der Waals surface area contributed by atoms with Crippen LogP contribution < -0.4 is 10.6 Å². The summed E-state index contributed by atoms with van der Waals surface area (Å²) in [6.45, 7) is 6.58. The van der Waals surface area contributed by atoms with Gasteiger partial charge in [0.25, 0.3) is 0 Å². The van der Waals surface area contributed by atoms with E-state index in [9.17, 15) is 0 Å². The van der Waals surface area contributed by atoms with E-state index in [0.29, 0.717) is 0 Å². The molecular weight excluding hydrogens is 246 g/mol. The third-order valence-electron chi connectivity index (χ3n) is 4.55. The summed E-state index contributed by atoms with van der Waals surface area (Å²) in [6, 6.07) is 6.79. The number of likely N-dealkylation sites (tertiary alicyclic amines) is 1. The van der Waals surface area contributed by atoms with Crippen molar-refractivity contribution in [2.24, 2.45) is 11.7 Å². The summed E-state index contributed by atoms with van der Waals surface area (Å²) in [5.41, 5.74) is 9.73. The third-order valence-corrected chi connectivity index (χ3v) is 4.55.